The first-order chi connectivity index (χ1) is 12.0. The highest BCUT2D eigenvalue weighted by Crippen LogP contribution is 2.23. The van der Waals surface area contributed by atoms with E-state index in [1.54, 1.807) is 24.5 Å². The smallest absolute Gasteiger partial charge is 0.261 e. The molecule has 0 aliphatic carbocycles. The maximum atomic E-state index is 12.5. The monoisotopic (exact) mass is 421 g/mol. The van der Waals surface area contributed by atoms with Crippen molar-refractivity contribution in [1.82, 2.24) is 15.6 Å². The van der Waals surface area contributed by atoms with Gasteiger partial charge in [-0.25, -0.2) is 0 Å². The summed E-state index contributed by atoms with van der Waals surface area (Å²) in [7, 11) is 0. The first kappa shape index (κ1) is 19.3. The fourth-order valence-corrected chi connectivity index (χ4v) is 2.49. The van der Waals surface area contributed by atoms with E-state index < -0.39 is 0 Å². The van der Waals surface area contributed by atoms with Crippen molar-refractivity contribution in [2.75, 3.05) is 6.61 Å². The van der Waals surface area contributed by atoms with Gasteiger partial charge in [-0.1, -0.05) is 35.8 Å². The summed E-state index contributed by atoms with van der Waals surface area (Å²) in [6.07, 6.45) is 3.44. The molecule has 2 N–H and O–H groups in total. The summed E-state index contributed by atoms with van der Waals surface area (Å²) in [5.74, 6) is 0.579. The Labute approximate surface area is 161 Å². The second-order valence-electron chi connectivity index (χ2n) is 5.84. The van der Waals surface area contributed by atoms with Gasteiger partial charge in [0.05, 0.1) is 12.2 Å². The molecule has 1 amide bonds. The van der Waals surface area contributed by atoms with E-state index in [4.69, 9.17) is 17.0 Å². The van der Waals surface area contributed by atoms with Crippen molar-refractivity contribution >= 4 is 39.2 Å². The minimum atomic E-state index is -0.316. The van der Waals surface area contributed by atoms with Crippen LogP contribution in [-0.2, 0) is 6.54 Å². The molecule has 1 aromatic carbocycles. The van der Waals surface area contributed by atoms with Gasteiger partial charge in [-0.15, -0.1) is 0 Å². The Kier molecular flexibility index (Phi) is 7.33. The number of hydrogen-bond acceptors (Lipinski definition) is 4. The van der Waals surface area contributed by atoms with Crippen LogP contribution in [0.15, 0.2) is 47.2 Å². The number of aromatic nitrogens is 1. The number of ether oxygens (including phenoxy) is 1. The van der Waals surface area contributed by atoms with Gasteiger partial charge in [0.1, 0.15) is 5.75 Å². The summed E-state index contributed by atoms with van der Waals surface area (Å²) in [4.78, 5) is 16.6. The van der Waals surface area contributed by atoms with E-state index >= 15 is 0 Å². The molecule has 5 nitrogen and oxygen atoms in total. The van der Waals surface area contributed by atoms with Crippen LogP contribution in [0.25, 0.3) is 0 Å². The molecule has 1 aromatic heterocycles. The maximum absolute atomic E-state index is 12.5. The number of nitrogens with zero attached hydrogens (tertiary/aromatic N) is 1. The zero-order valence-electron chi connectivity index (χ0n) is 14.1. The van der Waals surface area contributed by atoms with Crippen molar-refractivity contribution < 1.29 is 9.53 Å². The Morgan fingerprint density at radius 3 is 2.84 bits per heavy atom. The standard InChI is InChI=1S/C18H20BrN3O2S/c1-12(2)11-24-16-6-5-14(19)8-15(16)17(23)22-18(25)21-10-13-4-3-7-20-9-13/h3-9,12H,10-11H2,1-2H3,(H2,21,22,23,25). The summed E-state index contributed by atoms with van der Waals surface area (Å²) in [6.45, 7) is 5.12. The molecule has 132 valence electrons. The number of thiocarbonyl (C=S) groups is 1. The zero-order valence-corrected chi connectivity index (χ0v) is 16.5. The van der Waals surface area contributed by atoms with Crippen molar-refractivity contribution in [3.8, 4) is 5.75 Å². The molecule has 0 saturated heterocycles. The van der Waals surface area contributed by atoms with Gasteiger partial charge in [0.25, 0.3) is 5.91 Å². The fourth-order valence-electron chi connectivity index (χ4n) is 1.96. The molecule has 7 heteroatoms. The van der Waals surface area contributed by atoms with E-state index in [0.29, 0.717) is 30.4 Å². The summed E-state index contributed by atoms with van der Waals surface area (Å²) in [6, 6.07) is 9.10. The third-order valence-electron chi connectivity index (χ3n) is 3.16. The van der Waals surface area contributed by atoms with Crippen molar-refractivity contribution in [3.05, 3.63) is 58.3 Å². The predicted octanol–water partition coefficient (Wildman–Crippen LogP) is 3.68. The molecule has 2 rings (SSSR count). The zero-order chi connectivity index (χ0) is 18.2. The van der Waals surface area contributed by atoms with E-state index in [2.05, 4.69) is 45.4 Å². The highest BCUT2D eigenvalue weighted by Gasteiger charge is 2.15. The molecule has 0 aliphatic heterocycles. The Bertz CT molecular complexity index is 738. The molecule has 0 bridgehead atoms. The lowest BCUT2D eigenvalue weighted by atomic mass is 10.2. The maximum Gasteiger partial charge on any atom is 0.261 e. The lowest BCUT2D eigenvalue weighted by Crippen LogP contribution is -2.39. The fraction of sp³-hybridized carbons (Fsp3) is 0.278. The van der Waals surface area contributed by atoms with Crippen LogP contribution in [0.1, 0.15) is 29.8 Å². The highest BCUT2D eigenvalue weighted by atomic mass is 79.9. The molecular weight excluding hydrogens is 402 g/mol. The van der Waals surface area contributed by atoms with Gasteiger partial charge in [0, 0.05) is 23.4 Å². The van der Waals surface area contributed by atoms with Crippen LogP contribution in [0.4, 0.5) is 0 Å². The van der Waals surface area contributed by atoms with Gasteiger partial charge in [-0.2, -0.15) is 0 Å². The first-order valence-corrected chi connectivity index (χ1v) is 9.06. The number of amides is 1. The average molecular weight is 422 g/mol. The van der Waals surface area contributed by atoms with Crippen LogP contribution in [0, 0.1) is 5.92 Å². The first-order valence-electron chi connectivity index (χ1n) is 7.86. The average Bonchev–Trinajstić information content (AvgIpc) is 2.59. The number of nitrogens with one attached hydrogen (secondary N) is 2. The second kappa shape index (κ2) is 9.48. The number of rotatable bonds is 6. The number of pyridine rings is 1. The Morgan fingerprint density at radius 1 is 1.36 bits per heavy atom. The molecule has 2 aromatic rings. The van der Waals surface area contributed by atoms with Gasteiger partial charge in [-0.3, -0.25) is 15.1 Å². The van der Waals surface area contributed by atoms with Crippen molar-refractivity contribution in [3.63, 3.8) is 0 Å². The van der Waals surface area contributed by atoms with E-state index in [0.717, 1.165) is 10.0 Å². The van der Waals surface area contributed by atoms with Crippen molar-refractivity contribution in [1.29, 1.82) is 0 Å². The lowest BCUT2D eigenvalue weighted by Gasteiger charge is -2.14. The predicted molar refractivity (Wildman–Crippen MR) is 106 cm³/mol. The number of hydrogen-bond donors (Lipinski definition) is 2. The third-order valence-corrected chi connectivity index (χ3v) is 3.90. The van der Waals surface area contributed by atoms with Crippen LogP contribution >= 0.6 is 28.1 Å². The number of carbonyl (C=O) groups is 1. The summed E-state index contributed by atoms with van der Waals surface area (Å²) < 4.78 is 6.53. The SMILES string of the molecule is CC(C)COc1ccc(Br)cc1C(=O)NC(=S)NCc1cccnc1. The number of halogens is 1. The lowest BCUT2D eigenvalue weighted by molar-refractivity contribution is 0.0971. The minimum absolute atomic E-state index is 0.253. The largest absolute Gasteiger partial charge is 0.492 e. The molecule has 0 saturated carbocycles. The minimum Gasteiger partial charge on any atom is -0.492 e. The summed E-state index contributed by atoms with van der Waals surface area (Å²) in [5.41, 5.74) is 1.41. The molecular formula is C18H20BrN3O2S. The molecule has 0 aliphatic rings. The van der Waals surface area contributed by atoms with Crippen molar-refractivity contribution in [2.24, 2.45) is 5.92 Å². The quantitative estimate of drug-likeness (QED) is 0.696. The third kappa shape index (κ3) is 6.43. The van der Waals surface area contributed by atoms with Crippen LogP contribution in [0.2, 0.25) is 0 Å². The van der Waals surface area contributed by atoms with Gasteiger partial charge in [-0.05, 0) is 48.0 Å². The van der Waals surface area contributed by atoms with Crippen LogP contribution < -0.4 is 15.4 Å². The van der Waals surface area contributed by atoms with E-state index in [9.17, 15) is 4.79 Å². The number of benzene rings is 1. The van der Waals surface area contributed by atoms with Crippen LogP contribution in [-0.4, -0.2) is 22.6 Å². The van der Waals surface area contributed by atoms with Gasteiger partial charge in [0.15, 0.2) is 5.11 Å². The van der Waals surface area contributed by atoms with Crippen molar-refractivity contribution in [2.45, 2.75) is 20.4 Å². The second-order valence-corrected chi connectivity index (χ2v) is 7.17. The van der Waals surface area contributed by atoms with Crippen LogP contribution in [0.3, 0.4) is 0 Å². The summed E-state index contributed by atoms with van der Waals surface area (Å²) >= 11 is 8.58. The molecule has 0 atom stereocenters. The molecule has 0 radical (unpaired) electrons. The molecule has 25 heavy (non-hydrogen) atoms. The van der Waals surface area contributed by atoms with E-state index in [1.807, 2.05) is 18.2 Å². The van der Waals surface area contributed by atoms with Gasteiger partial charge in [0.2, 0.25) is 0 Å². The molecule has 1 heterocycles. The Balaban J connectivity index is 1.99. The molecule has 0 fully saturated rings. The number of carbonyl (C=O) groups excluding carboxylic acids is 1. The summed E-state index contributed by atoms with van der Waals surface area (Å²) in [5, 5.41) is 5.93. The molecule has 0 unspecified atom stereocenters. The topological polar surface area (TPSA) is 63.2 Å². The van der Waals surface area contributed by atoms with Gasteiger partial charge < -0.3 is 10.1 Å². The Hall–Kier alpha value is -1.99. The molecule has 0 spiro atoms. The van der Waals surface area contributed by atoms with Crippen LogP contribution in [0.5, 0.6) is 5.75 Å². The van der Waals surface area contributed by atoms with Gasteiger partial charge >= 0.3 is 0 Å². The highest BCUT2D eigenvalue weighted by molar-refractivity contribution is 9.10. The Morgan fingerprint density at radius 2 is 2.16 bits per heavy atom. The van der Waals surface area contributed by atoms with E-state index in [-0.39, 0.29) is 11.0 Å². The normalized spacial score (nSPS) is 10.4. The van der Waals surface area contributed by atoms with E-state index in [1.165, 1.54) is 0 Å².